The topological polar surface area (TPSA) is 68.4 Å². The van der Waals surface area contributed by atoms with Crippen LogP contribution >= 0.6 is 11.5 Å². The maximum Gasteiger partial charge on any atom is 0.344 e. The molecule has 0 radical (unpaired) electrons. The molecule has 0 atom stereocenters. The van der Waals surface area contributed by atoms with Gasteiger partial charge in [-0.1, -0.05) is 18.2 Å². The molecule has 0 bridgehead atoms. The maximum absolute atomic E-state index is 12.0. The summed E-state index contributed by atoms with van der Waals surface area (Å²) >= 11 is 1.12. The van der Waals surface area contributed by atoms with Crippen molar-refractivity contribution in [2.75, 3.05) is 7.05 Å². The lowest BCUT2D eigenvalue weighted by Gasteiger charge is -1.99. The highest BCUT2D eigenvalue weighted by Crippen LogP contribution is 2.01. The lowest BCUT2D eigenvalue weighted by atomic mass is 10.3. The van der Waals surface area contributed by atoms with Crippen LogP contribution in [-0.4, -0.2) is 21.6 Å². The summed E-state index contributed by atoms with van der Waals surface area (Å²) in [6.45, 7) is 0. The first-order valence-corrected chi connectivity index (χ1v) is 6.02. The molecule has 2 aromatic rings. The molecule has 2 amide bonds. The van der Waals surface area contributed by atoms with Crippen LogP contribution in [0.4, 0.5) is 4.79 Å². The number of aromatic nitrogens is 2. The molecule has 0 aliphatic heterocycles. The van der Waals surface area contributed by atoms with E-state index in [2.05, 4.69) is 10.3 Å². The van der Waals surface area contributed by atoms with E-state index in [1.54, 1.807) is 19.2 Å². The minimum atomic E-state index is -0.485. The van der Waals surface area contributed by atoms with Crippen molar-refractivity contribution in [3.8, 4) is 5.69 Å². The average Bonchev–Trinajstić information content (AvgIpc) is 2.66. The molecule has 0 saturated carbocycles. The highest BCUT2D eigenvalue weighted by molar-refractivity contribution is 7.03. The van der Waals surface area contributed by atoms with Crippen LogP contribution in [0.1, 0.15) is 0 Å². The molecule has 0 fully saturated rings. The van der Waals surface area contributed by atoms with Gasteiger partial charge < -0.3 is 5.32 Å². The Morgan fingerprint density at radius 1 is 1.33 bits per heavy atom. The Morgan fingerprint density at radius 3 is 2.61 bits per heavy atom. The van der Waals surface area contributed by atoms with Crippen molar-refractivity contribution in [1.82, 2.24) is 13.8 Å². The van der Waals surface area contributed by atoms with E-state index < -0.39 is 6.03 Å². The number of nitrogens with one attached hydrogen (secondary N) is 1. The third-order valence-electron chi connectivity index (χ3n) is 2.30. The maximum atomic E-state index is 12.0. The minimum absolute atomic E-state index is 0.228. The van der Waals surface area contributed by atoms with E-state index in [9.17, 15) is 9.59 Å². The Balaban J connectivity index is 2.71. The summed E-state index contributed by atoms with van der Waals surface area (Å²) in [5.41, 5.74) is 0.454. The molecule has 0 aliphatic carbocycles. The van der Waals surface area contributed by atoms with Crippen LogP contribution in [0.25, 0.3) is 5.69 Å². The zero-order valence-corrected chi connectivity index (χ0v) is 10.8. The van der Waals surface area contributed by atoms with Gasteiger partial charge in [-0.3, -0.25) is 0 Å². The summed E-state index contributed by atoms with van der Waals surface area (Å²) in [6.07, 6.45) is 0. The summed E-state index contributed by atoms with van der Waals surface area (Å²) in [4.78, 5) is 27.5. The van der Waals surface area contributed by atoms with Gasteiger partial charge in [-0.25, -0.2) is 18.1 Å². The van der Waals surface area contributed by atoms with Crippen molar-refractivity contribution in [2.24, 2.45) is 12.0 Å². The van der Waals surface area contributed by atoms with Crippen molar-refractivity contribution >= 4 is 17.6 Å². The fraction of sp³-hybridized carbons (Fsp3) is 0.182. The van der Waals surface area contributed by atoms with Gasteiger partial charge >= 0.3 is 11.7 Å². The second kappa shape index (κ2) is 5.01. The predicted molar refractivity (Wildman–Crippen MR) is 68.9 cm³/mol. The van der Waals surface area contributed by atoms with Gasteiger partial charge in [-0.15, -0.1) is 0 Å². The van der Waals surface area contributed by atoms with Crippen molar-refractivity contribution in [2.45, 2.75) is 0 Å². The number of benzene rings is 1. The van der Waals surface area contributed by atoms with E-state index in [0.717, 1.165) is 11.5 Å². The number of aryl methyl sites for hydroxylation is 1. The summed E-state index contributed by atoms with van der Waals surface area (Å²) in [6, 6.07) is 8.60. The van der Waals surface area contributed by atoms with Crippen LogP contribution in [-0.2, 0) is 7.05 Å². The van der Waals surface area contributed by atoms with Crippen LogP contribution in [0, 0.1) is 0 Å². The molecule has 0 saturated heterocycles. The summed E-state index contributed by atoms with van der Waals surface area (Å²) < 4.78 is 2.83. The van der Waals surface area contributed by atoms with Crippen LogP contribution in [0.3, 0.4) is 0 Å². The Bertz CT molecular complexity index is 681. The smallest absolute Gasteiger partial charge is 0.339 e. The molecular weight excluding hydrogens is 252 g/mol. The van der Waals surface area contributed by atoms with E-state index in [1.165, 1.54) is 15.6 Å². The molecule has 0 spiro atoms. The second-order valence-electron chi connectivity index (χ2n) is 3.49. The van der Waals surface area contributed by atoms with Crippen LogP contribution in [0.2, 0.25) is 0 Å². The second-order valence-corrected chi connectivity index (χ2v) is 4.59. The van der Waals surface area contributed by atoms with Crippen LogP contribution in [0.5, 0.6) is 0 Å². The zero-order valence-electron chi connectivity index (χ0n) is 9.95. The number of hydrogen-bond acceptors (Lipinski definition) is 3. The molecule has 18 heavy (non-hydrogen) atoms. The normalized spacial score (nSPS) is 11.6. The Hall–Kier alpha value is -2.15. The highest BCUT2D eigenvalue weighted by Gasteiger charge is 2.08. The number of urea groups is 1. The number of amides is 2. The van der Waals surface area contributed by atoms with Gasteiger partial charge in [0.2, 0.25) is 4.80 Å². The number of para-hydroxylation sites is 1. The minimum Gasteiger partial charge on any atom is -0.339 e. The highest BCUT2D eigenvalue weighted by atomic mass is 32.1. The summed E-state index contributed by atoms with van der Waals surface area (Å²) in [5.74, 6) is 0. The van der Waals surface area contributed by atoms with E-state index in [-0.39, 0.29) is 5.69 Å². The van der Waals surface area contributed by atoms with Gasteiger partial charge in [0.25, 0.3) is 0 Å². The predicted octanol–water partition coefficient (Wildman–Crippen LogP) is 0.478. The number of hydrogen-bond donors (Lipinski definition) is 1. The molecule has 94 valence electrons. The molecule has 0 unspecified atom stereocenters. The van der Waals surface area contributed by atoms with E-state index in [1.807, 2.05) is 18.2 Å². The third-order valence-corrected chi connectivity index (χ3v) is 3.16. The molecule has 0 aliphatic rings. The summed E-state index contributed by atoms with van der Waals surface area (Å²) in [7, 11) is 3.12. The van der Waals surface area contributed by atoms with Gasteiger partial charge in [0.05, 0.1) is 5.69 Å². The van der Waals surface area contributed by atoms with Crippen molar-refractivity contribution in [3.63, 3.8) is 0 Å². The third kappa shape index (κ3) is 2.25. The first kappa shape index (κ1) is 12.3. The van der Waals surface area contributed by atoms with Crippen LogP contribution in [0.15, 0.2) is 40.1 Å². The molecule has 6 nitrogen and oxygen atoms in total. The molecule has 2 rings (SSSR count). The van der Waals surface area contributed by atoms with Crippen molar-refractivity contribution < 1.29 is 4.79 Å². The fourth-order valence-corrected chi connectivity index (χ4v) is 2.23. The van der Waals surface area contributed by atoms with Gasteiger partial charge in [0.15, 0.2) is 0 Å². The average molecular weight is 264 g/mol. The van der Waals surface area contributed by atoms with Crippen molar-refractivity contribution in [3.05, 3.63) is 45.6 Å². The lowest BCUT2D eigenvalue weighted by molar-refractivity contribution is 0.250. The summed E-state index contributed by atoms with van der Waals surface area (Å²) in [5, 5.41) is 2.40. The Morgan fingerprint density at radius 2 is 2.00 bits per heavy atom. The fourth-order valence-electron chi connectivity index (χ4n) is 1.44. The number of carbonyl (C=O) groups is 1. The Labute approximate surface area is 107 Å². The molecule has 1 aromatic heterocycles. The van der Waals surface area contributed by atoms with Gasteiger partial charge in [0, 0.05) is 14.1 Å². The molecule has 7 heteroatoms. The van der Waals surface area contributed by atoms with Gasteiger partial charge in [-0.05, 0) is 23.7 Å². The quantitative estimate of drug-likeness (QED) is 0.814. The van der Waals surface area contributed by atoms with Crippen LogP contribution < -0.4 is 15.8 Å². The monoisotopic (exact) mass is 264 g/mol. The lowest BCUT2D eigenvalue weighted by Crippen LogP contribution is -2.28. The van der Waals surface area contributed by atoms with Crippen molar-refractivity contribution in [1.29, 1.82) is 0 Å². The number of rotatable bonds is 1. The first-order chi connectivity index (χ1) is 8.63. The van der Waals surface area contributed by atoms with Gasteiger partial charge in [-0.2, -0.15) is 4.99 Å². The molecule has 1 N–H and O–H groups in total. The standard InChI is InChI=1S/C11H12N4O2S/c1-12-9(16)13-10-15(11(17)14(2)18-10)8-6-4-3-5-7-8/h3-7H,1-2H3,(H,12,16)/b13-10-. The SMILES string of the molecule is CNC(=O)/N=c1\sn(C)c(=O)n1-c1ccccc1. The molecular formula is C11H12N4O2S. The van der Waals surface area contributed by atoms with Gasteiger partial charge in [0.1, 0.15) is 0 Å². The Kier molecular flexibility index (Phi) is 3.42. The zero-order chi connectivity index (χ0) is 13.1. The molecule has 1 heterocycles. The van der Waals surface area contributed by atoms with E-state index >= 15 is 0 Å². The number of carbonyl (C=O) groups excluding carboxylic acids is 1. The van der Waals surface area contributed by atoms with E-state index in [0.29, 0.717) is 10.5 Å². The number of nitrogens with zero attached hydrogens (tertiary/aromatic N) is 3. The first-order valence-electron chi connectivity index (χ1n) is 5.24. The van der Waals surface area contributed by atoms with E-state index in [4.69, 9.17) is 0 Å². The largest absolute Gasteiger partial charge is 0.344 e. The molecule has 1 aromatic carbocycles.